The molecule has 0 bridgehead atoms. The molecule has 3 aromatic rings. The van der Waals surface area contributed by atoms with Gasteiger partial charge in [-0.25, -0.2) is 9.97 Å². The zero-order valence-corrected chi connectivity index (χ0v) is 13.5. The molecule has 3 heterocycles. The number of anilines is 1. The van der Waals surface area contributed by atoms with E-state index in [4.69, 9.17) is 0 Å². The van der Waals surface area contributed by atoms with Gasteiger partial charge >= 0.3 is 0 Å². The number of pyridine rings is 1. The molecular formula is C14H11BrN4OS. The van der Waals surface area contributed by atoms with Crippen molar-refractivity contribution in [3.8, 4) is 5.82 Å². The molecule has 0 atom stereocenters. The first kappa shape index (κ1) is 14.0. The zero-order chi connectivity index (χ0) is 14.8. The van der Waals surface area contributed by atoms with Crippen LogP contribution in [0, 0.1) is 6.92 Å². The lowest BCUT2D eigenvalue weighted by Crippen LogP contribution is -2.10. The Balaban J connectivity index is 1.76. The van der Waals surface area contributed by atoms with E-state index < -0.39 is 0 Å². The molecule has 1 N–H and O–H groups in total. The van der Waals surface area contributed by atoms with Gasteiger partial charge in [0.05, 0.1) is 20.5 Å². The minimum atomic E-state index is -0.140. The van der Waals surface area contributed by atoms with Gasteiger partial charge in [0.2, 0.25) is 0 Å². The highest BCUT2D eigenvalue weighted by molar-refractivity contribution is 9.11. The molecule has 5 nitrogen and oxygen atoms in total. The highest BCUT2D eigenvalue weighted by atomic mass is 79.9. The smallest absolute Gasteiger partial charge is 0.265 e. The van der Waals surface area contributed by atoms with Crippen LogP contribution in [-0.2, 0) is 0 Å². The van der Waals surface area contributed by atoms with Crippen LogP contribution in [0.2, 0.25) is 0 Å². The quantitative estimate of drug-likeness (QED) is 0.773. The van der Waals surface area contributed by atoms with Gasteiger partial charge in [-0.3, -0.25) is 9.36 Å². The normalized spacial score (nSPS) is 10.6. The number of amides is 1. The highest BCUT2D eigenvalue weighted by Gasteiger charge is 2.09. The van der Waals surface area contributed by atoms with Crippen LogP contribution < -0.4 is 5.32 Å². The van der Waals surface area contributed by atoms with Gasteiger partial charge in [0.25, 0.3) is 5.91 Å². The molecule has 0 spiro atoms. The van der Waals surface area contributed by atoms with Gasteiger partial charge in [-0.05, 0) is 47.1 Å². The zero-order valence-electron chi connectivity index (χ0n) is 11.1. The first-order valence-corrected chi connectivity index (χ1v) is 7.77. The van der Waals surface area contributed by atoms with Gasteiger partial charge in [-0.15, -0.1) is 11.3 Å². The van der Waals surface area contributed by atoms with Crippen molar-refractivity contribution in [3.05, 3.63) is 57.3 Å². The third kappa shape index (κ3) is 3.03. The number of rotatable bonds is 3. The first-order valence-electron chi connectivity index (χ1n) is 6.16. The van der Waals surface area contributed by atoms with E-state index in [2.05, 4.69) is 31.2 Å². The predicted octanol–water partition coefficient (Wildman–Crippen LogP) is 3.65. The molecule has 0 saturated heterocycles. The summed E-state index contributed by atoms with van der Waals surface area (Å²) in [5, 5.41) is 2.82. The molecule has 0 radical (unpaired) electrons. The van der Waals surface area contributed by atoms with Gasteiger partial charge in [0.15, 0.2) is 0 Å². The number of nitrogens with one attached hydrogen (secondary N) is 1. The van der Waals surface area contributed by atoms with Crippen molar-refractivity contribution in [1.82, 2.24) is 14.5 Å². The summed E-state index contributed by atoms with van der Waals surface area (Å²) in [5.41, 5.74) is 0.658. The molecule has 0 saturated carbocycles. The molecule has 0 fully saturated rings. The number of nitrogens with zero attached hydrogens (tertiary/aromatic N) is 3. The van der Waals surface area contributed by atoms with E-state index in [0.29, 0.717) is 10.6 Å². The summed E-state index contributed by atoms with van der Waals surface area (Å²) in [6.07, 6.45) is 5.20. The topological polar surface area (TPSA) is 59.8 Å². The Bertz CT molecular complexity index is 778. The van der Waals surface area contributed by atoms with E-state index in [1.165, 1.54) is 11.3 Å². The van der Waals surface area contributed by atoms with Crippen LogP contribution in [0.25, 0.3) is 5.82 Å². The van der Waals surface area contributed by atoms with Crippen molar-refractivity contribution in [1.29, 1.82) is 0 Å². The Morgan fingerprint density at radius 2 is 2.14 bits per heavy atom. The van der Waals surface area contributed by atoms with Crippen molar-refractivity contribution in [2.24, 2.45) is 0 Å². The first-order chi connectivity index (χ1) is 10.1. The number of aromatic nitrogens is 3. The molecule has 0 aliphatic heterocycles. The Kier molecular flexibility index (Phi) is 3.85. The Morgan fingerprint density at radius 3 is 2.71 bits per heavy atom. The van der Waals surface area contributed by atoms with Crippen LogP contribution in [0.1, 0.15) is 15.5 Å². The number of hydrogen-bond donors (Lipinski definition) is 1. The SMILES string of the molecule is Cc1nccn1-c1ccc(NC(=O)c2ccc(Br)s2)cn1. The van der Waals surface area contributed by atoms with E-state index in [1.54, 1.807) is 18.5 Å². The fraction of sp³-hybridized carbons (Fsp3) is 0.0714. The van der Waals surface area contributed by atoms with Crippen molar-refractivity contribution >= 4 is 38.9 Å². The van der Waals surface area contributed by atoms with E-state index in [1.807, 2.05) is 35.9 Å². The maximum Gasteiger partial charge on any atom is 0.265 e. The van der Waals surface area contributed by atoms with Gasteiger partial charge in [-0.2, -0.15) is 0 Å². The second kappa shape index (κ2) is 5.79. The van der Waals surface area contributed by atoms with Crippen molar-refractivity contribution in [2.75, 3.05) is 5.32 Å². The van der Waals surface area contributed by atoms with Crippen LogP contribution in [0.3, 0.4) is 0 Å². The molecule has 1 amide bonds. The number of carbonyl (C=O) groups is 1. The number of carbonyl (C=O) groups excluding carboxylic acids is 1. The molecule has 0 aliphatic rings. The summed E-state index contributed by atoms with van der Waals surface area (Å²) in [6.45, 7) is 1.91. The number of imidazole rings is 1. The van der Waals surface area contributed by atoms with E-state index in [-0.39, 0.29) is 5.91 Å². The van der Waals surface area contributed by atoms with E-state index in [9.17, 15) is 4.79 Å². The number of halogens is 1. The van der Waals surface area contributed by atoms with Gasteiger partial charge < -0.3 is 5.32 Å². The summed E-state index contributed by atoms with van der Waals surface area (Å²) in [4.78, 5) is 21.2. The molecular weight excluding hydrogens is 352 g/mol. The Morgan fingerprint density at radius 1 is 1.29 bits per heavy atom. The second-order valence-corrected chi connectivity index (χ2v) is 6.77. The number of thiophene rings is 1. The molecule has 3 rings (SSSR count). The lowest BCUT2D eigenvalue weighted by molar-refractivity contribution is 0.103. The average Bonchev–Trinajstić information content (AvgIpc) is 3.08. The van der Waals surface area contributed by atoms with E-state index >= 15 is 0 Å². The van der Waals surface area contributed by atoms with Crippen molar-refractivity contribution in [3.63, 3.8) is 0 Å². The Hall–Kier alpha value is -1.99. The van der Waals surface area contributed by atoms with Gasteiger partial charge in [-0.1, -0.05) is 0 Å². The third-order valence-electron chi connectivity index (χ3n) is 2.88. The van der Waals surface area contributed by atoms with Crippen LogP contribution in [0.4, 0.5) is 5.69 Å². The summed E-state index contributed by atoms with van der Waals surface area (Å²) in [6, 6.07) is 7.29. The minimum Gasteiger partial charge on any atom is -0.320 e. The molecule has 3 aromatic heterocycles. The maximum absolute atomic E-state index is 12.0. The number of hydrogen-bond acceptors (Lipinski definition) is 4. The second-order valence-electron chi connectivity index (χ2n) is 4.31. The maximum atomic E-state index is 12.0. The molecule has 21 heavy (non-hydrogen) atoms. The minimum absolute atomic E-state index is 0.140. The van der Waals surface area contributed by atoms with E-state index in [0.717, 1.165) is 15.4 Å². The molecule has 0 unspecified atom stereocenters. The average molecular weight is 363 g/mol. The molecule has 106 valence electrons. The molecule has 0 aliphatic carbocycles. The van der Waals surface area contributed by atoms with Crippen LogP contribution in [0.5, 0.6) is 0 Å². The van der Waals surface area contributed by atoms with Crippen molar-refractivity contribution in [2.45, 2.75) is 6.92 Å². The van der Waals surface area contributed by atoms with Gasteiger partial charge in [0.1, 0.15) is 11.6 Å². The standard InChI is InChI=1S/C14H11BrN4OS/c1-9-16-6-7-19(9)13-5-2-10(8-17-13)18-14(20)11-3-4-12(15)21-11/h2-8H,1H3,(H,18,20). The third-order valence-corrected chi connectivity index (χ3v) is 4.50. The van der Waals surface area contributed by atoms with Crippen molar-refractivity contribution < 1.29 is 4.79 Å². The van der Waals surface area contributed by atoms with Gasteiger partial charge in [0, 0.05) is 12.4 Å². The summed E-state index contributed by atoms with van der Waals surface area (Å²) in [5.74, 6) is 1.49. The fourth-order valence-corrected chi connectivity index (χ4v) is 3.13. The molecule has 0 aromatic carbocycles. The summed E-state index contributed by atoms with van der Waals surface area (Å²) < 4.78 is 2.80. The fourth-order valence-electron chi connectivity index (χ4n) is 1.85. The predicted molar refractivity (Wildman–Crippen MR) is 86.1 cm³/mol. The Labute approximate surface area is 133 Å². The largest absolute Gasteiger partial charge is 0.320 e. The van der Waals surface area contributed by atoms with Crippen LogP contribution in [0.15, 0.2) is 46.6 Å². The summed E-state index contributed by atoms with van der Waals surface area (Å²) in [7, 11) is 0. The summed E-state index contributed by atoms with van der Waals surface area (Å²) >= 11 is 4.73. The van der Waals surface area contributed by atoms with Crippen LogP contribution in [-0.4, -0.2) is 20.4 Å². The molecule has 7 heteroatoms. The number of aryl methyl sites for hydroxylation is 1. The monoisotopic (exact) mass is 362 g/mol. The highest BCUT2D eigenvalue weighted by Crippen LogP contribution is 2.23. The lowest BCUT2D eigenvalue weighted by Gasteiger charge is -2.06. The van der Waals surface area contributed by atoms with Crippen LogP contribution >= 0.6 is 27.3 Å². The lowest BCUT2D eigenvalue weighted by atomic mass is 10.3.